The van der Waals surface area contributed by atoms with Gasteiger partial charge in [0.15, 0.2) is 0 Å². The van der Waals surface area contributed by atoms with Crippen molar-refractivity contribution in [2.24, 2.45) is 5.73 Å². The molecular weight excluding hydrogens is 361 g/mol. The SMILES string of the molecule is NCC(=O)Nc1ccc(Cl)c(COc2cccc3cnccc23)c1Cl. The van der Waals surface area contributed by atoms with Crippen molar-refractivity contribution in [1.82, 2.24) is 4.98 Å². The largest absolute Gasteiger partial charge is 0.488 e. The summed E-state index contributed by atoms with van der Waals surface area (Å²) in [7, 11) is 0. The van der Waals surface area contributed by atoms with E-state index in [9.17, 15) is 4.79 Å². The molecule has 1 heterocycles. The fourth-order valence-corrected chi connectivity index (χ4v) is 2.92. The molecule has 5 nitrogen and oxygen atoms in total. The van der Waals surface area contributed by atoms with Gasteiger partial charge in [-0.25, -0.2) is 0 Å². The Bertz CT molecular complexity index is 926. The van der Waals surface area contributed by atoms with Crippen LogP contribution in [0, 0.1) is 0 Å². The van der Waals surface area contributed by atoms with Gasteiger partial charge in [-0.3, -0.25) is 9.78 Å². The third kappa shape index (κ3) is 3.85. The van der Waals surface area contributed by atoms with Crippen LogP contribution in [-0.2, 0) is 11.4 Å². The van der Waals surface area contributed by atoms with Crippen molar-refractivity contribution in [2.45, 2.75) is 6.61 Å². The second kappa shape index (κ2) is 7.70. The minimum Gasteiger partial charge on any atom is -0.488 e. The molecule has 0 bridgehead atoms. The Morgan fingerprint density at radius 3 is 2.84 bits per heavy atom. The van der Waals surface area contributed by atoms with E-state index in [1.807, 2.05) is 24.3 Å². The van der Waals surface area contributed by atoms with Crippen molar-refractivity contribution in [3.8, 4) is 5.75 Å². The molecule has 0 fully saturated rings. The third-order valence-corrected chi connectivity index (χ3v) is 4.44. The second-order valence-electron chi connectivity index (χ2n) is 5.28. The minimum atomic E-state index is -0.336. The van der Waals surface area contributed by atoms with Gasteiger partial charge < -0.3 is 15.8 Å². The van der Waals surface area contributed by atoms with Gasteiger partial charge in [-0.2, -0.15) is 0 Å². The Balaban J connectivity index is 1.87. The van der Waals surface area contributed by atoms with Crippen molar-refractivity contribution in [3.63, 3.8) is 0 Å². The lowest BCUT2D eigenvalue weighted by atomic mass is 10.1. The van der Waals surface area contributed by atoms with Gasteiger partial charge in [0.25, 0.3) is 0 Å². The van der Waals surface area contributed by atoms with Crippen LogP contribution in [-0.4, -0.2) is 17.4 Å². The molecule has 0 aliphatic rings. The van der Waals surface area contributed by atoms with Gasteiger partial charge in [0.1, 0.15) is 12.4 Å². The Kier molecular flexibility index (Phi) is 5.38. The molecule has 25 heavy (non-hydrogen) atoms. The first kappa shape index (κ1) is 17.5. The number of halogens is 2. The number of amides is 1. The smallest absolute Gasteiger partial charge is 0.238 e. The van der Waals surface area contributed by atoms with Gasteiger partial charge in [-0.1, -0.05) is 35.3 Å². The average Bonchev–Trinajstić information content (AvgIpc) is 2.64. The second-order valence-corrected chi connectivity index (χ2v) is 6.07. The van der Waals surface area contributed by atoms with Crippen molar-refractivity contribution in [2.75, 3.05) is 11.9 Å². The lowest BCUT2D eigenvalue weighted by Crippen LogP contribution is -2.22. The van der Waals surface area contributed by atoms with E-state index in [2.05, 4.69) is 10.3 Å². The summed E-state index contributed by atoms with van der Waals surface area (Å²) in [6, 6.07) is 10.9. The molecule has 0 spiro atoms. The fourth-order valence-electron chi connectivity index (χ4n) is 2.40. The highest BCUT2D eigenvalue weighted by Gasteiger charge is 2.14. The first-order valence-electron chi connectivity index (χ1n) is 7.52. The third-order valence-electron chi connectivity index (χ3n) is 3.66. The van der Waals surface area contributed by atoms with E-state index in [1.54, 1.807) is 24.5 Å². The van der Waals surface area contributed by atoms with Crippen LogP contribution in [0.5, 0.6) is 5.75 Å². The molecule has 2 aromatic carbocycles. The summed E-state index contributed by atoms with van der Waals surface area (Å²) in [4.78, 5) is 15.6. The molecule has 0 atom stereocenters. The molecule has 1 amide bonds. The van der Waals surface area contributed by atoms with Gasteiger partial charge in [0.05, 0.1) is 17.3 Å². The lowest BCUT2D eigenvalue weighted by molar-refractivity contribution is -0.114. The Labute approximate surface area is 154 Å². The predicted molar refractivity (Wildman–Crippen MR) is 100 cm³/mol. The number of anilines is 1. The zero-order chi connectivity index (χ0) is 17.8. The monoisotopic (exact) mass is 375 g/mol. The number of aromatic nitrogens is 1. The molecule has 0 saturated carbocycles. The van der Waals surface area contributed by atoms with Crippen LogP contribution in [0.1, 0.15) is 5.56 Å². The number of hydrogen-bond acceptors (Lipinski definition) is 4. The average molecular weight is 376 g/mol. The first-order chi connectivity index (χ1) is 12.1. The zero-order valence-corrected chi connectivity index (χ0v) is 14.6. The molecule has 3 aromatic rings. The summed E-state index contributed by atoms with van der Waals surface area (Å²) in [5.41, 5.74) is 6.35. The maximum atomic E-state index is 11.5. The molecule has 0 unspecified atom stereocenters. The van der Waals surface area contributed by atoms with Gasteiger partial charge in [-0.05, 0) is 24.3 Å². The molecule has 3 N–H and O–H groups in total. The maximum absolute atomic E-state index is 11.5. The van der Waals surface area contributed by atoms with Crippen LogP contribution < -0.4 is 15.8 Å². The van der Waals surface area contributed by atoms with E-state index < -0.39 is 0 Å². The molecule has 3 rings (SSSR count). The van der Waals surface area contributed by atoms with Gasteiger partial charge in [0, 0.05) is 33.8 Å². The molecule has 0 radical (unpaired) electrons. The molecule has 1 aromatic heterocycles. The standard InChI is InChI=1S/C18H15Cl2N3O2/c19-14-4-5-15(23-17(24)8-21)18(20)13(14)10-25-16-3-1-2-11-9-22-7-6-12(11)16/h1-7,9H,8,10,21H2,(H,23,24). The molecule has 0 aliphatic heterocycles. The fraction of sp³-hybridized carbons (Fsp3) is 0.111. The van der Waals surface area contributed by atoms with E-state index in [0.29, 0.717) is 27.0 Å². The molecule has 128 valence electrons. The van der Waals surface area contributed by atoms with Gasteiger partial charge in [-0.15, -0.1) is 0 Å². The van der Waals surface area contributed by atoms with Gasteiger partial charge in [0.2, 0.25) is 5.91 Å². The van der Waals surface area contributed by atoms with Crippen LogP contribution in [0.4, 0.5) is 5.69 Å². The number of pyridine rings is 1. The molecular formula is C18H15Cl2N3O2. The summed E-state index contributed by atoms with van der Waals surface area (Å²) >= 11 is 12.6. The highest BCUT2D eigenvalue weighted by molar-refractivity contribution is 6.38. The van der Waals surface area contributed by atoms with Crippen molar-refractivity contribution >= 4 is 45.6 Å². The van der Waals surface area contributed by atoms with Crippen LogP contribution in [0.3, 0.4) is 0 Å². The van der Waals surface area contributed by atoms with E-state index in [4.69, 9.17) is 33.7 Å². The minimum absolute atomic E-state index is 0.130. The summed E-state index contributed by atoms with van der Waals surface area (Å²) in [6.45, 7) is 0.0280. The molecule has 7 heteroatoms. The normalized spacial score (nSPS) is 10.7. The number of carbonyl (C=O) groups is 1. The van der Waals surface area contributed by atoms with Crippen LogP contribution >= 0.6 is 23.2 Å². The number of nitrogens with two attached hydrogens (primary N) is 1. The Morgan fingerprint density at radius 2 is 2.04 bits per heavy atom. The lowest BCUT2D eigenvalue weighted by Gasteiger charge is -2.14. The topological polar surface area (TPSA) is 77.2 Å². The summed E-state index contributed by atoms with van der Waals surface area (Å²) in [5.74, 6) is 0.362. The van der Waals surface area contributed by atoms with E-state index >= 15 is 0 Å². The number of carbonyl (C=O) groups excluding carboxylic acids is 1. The summed E-state index contributed by atoms with van der Waals surface area (Å²) < 4.78 is 5.92. The Morgan fingerprint density at radius 1 is 1.20 bits per heavy atom. The maximum Gasteiger partial charge on any atom is 0.238 e. The van der Waals surface area contributed by atoms with E-state index in [1.165, 1.54) is 0 Å². The quantitative estimate of drug-likeness (QED) is 0.705. The first-order valence-corrected chi connectivity index (χ1v) is 8.28. The highest BCUT2D eigenvalue weighted by Crippen LogP contribution is 2.33. The van der Waals surface area contributed by atoms with Crippen LogP contribution in [0.25, 0.3) is 10.8 Å². The van der Waals surface area contributed by atoms with Crippen molar-refractivity contribution in [3.05, 3.63) is 64.4 Å². The van der Waals surface area contributed by atoms with Crippen LogP contribution in [0.15, 0.2) is 48.8 Å². The number of nitrogens with zero attached hydrogens (tertiary/aromatic N) is 1. The number of nitrogens with one attached hydrogen (secondary N) is 1. The van der Waals surface area contributed by atoms with Crippen molar-refractivity contribution < 1.29 is 9.53 Å². The van der Waals surface area contributed by atoms with E-state index in [0.717, 1.165) is 10.8 Å². The number of benzene rings is 2. The number of fused-ring (bicyclic) bond motifs is 1. The number of ether oxygens (including phenoxy) is 1. The van der Waals surface area contributed by atoms with E-state index in [-0.39, 0.29) is 19.1 Å². The molecule has 0 aliphatic carbocycles. The van der Waals surface area contributed by atoms with Crippen molar-refractivity contribution in [1.29, 1.82) is 0 Å². The highest BCUT2D eigenvalue weighted by atomic mass is 35.5. The zero-order valence-electron chi connectivity index (χ0n) is 13.1. The summed E-state index contributed by atoms with van der Waals surface area (Å²) in [5, 5.41) is 5.34. The molecule has 0 saturated heterocycles. The number of hydrogen-bond donors (Lipinski definition) is 2. The van der Waals surface area contributed by atoms with Gasteiger partial charge >= 0.3 is 0 Å². The van der Waals surface area contributed by atoms with Crippen LogP contribution in [0.2, 0.25) is 10.0 Å². The number of rotatable bonds is 5. The predicted octanol–water partition coefficient (Wildman–Crippen LogP) is 4.02. The summed E-state index contributed by atoms with van der Waals surface area (Å²) in [6.07, 6.45) is 3.48. The Hall–Kier alpha value is -2.34.